The maximum Gasteiger partial charge on any atom is 0.134 e. The van der Waals surface area contributed by atoms with E-state index < -0.39 is 0 Å². The summed E-state index contributed by atoms with van der Waals surface area (Å²) >= 11 is 0. The van der Waals surface area contributed by atoms with E-state index in [-0.39, 0.29) is 5.82 Å². The summed E-state index contributed by atoms with van der Waals surface area (Å²) in [6.07, 6.45) is 4.30. The smallest absolute Gasteiger partial charge is 0.134 e. The van der Waals surface area contributed by atoms with Crippen LogP contribution in [0, 0.1) is 5.82 Å². The minimum Gasteiger partial charge on any atom is -0.493 e. The van der Waals surface area contributed by atoms with Crippen molar-refractivity contribution < 1.29 is 9.13 Å². The minimum absolute atomic E-state index is 0.254. The average molecular weight is 193 g/mol. The third-order valence-electron chi connectivity index (χ3n) is 2.24. The van der Waals surface area contributed by atoms with Crippen LogP contribution in [0.5, 0.6) is 5.75 Å². The van der Waals surface area contributed by atoms with Crippen LogP contribution in [-0.4, -0.2) is 13.2 Å². The van der Waals surface area contributed by atoms with Crippen LogP contribution >= 0.6 is 0 Å². The summed E-state index contributed by atoms with van der Waals surface area (Å²) in [5.74, 6) is 0.419. The molecule has 14 heavy (non-hydrogen) atoms. The van der Waals surface area contributed by atoms with Gasteiger partial charge in [0.05, 0.1) is 6.61 Å². The van der Waals surface area contributed by atoms with E-state index in [9.17, 15) is 4.39 Å². The summed E-state index contributed by atoms with van der Waals surface area (Å²) in [4.78, 5) is 0. The second-order valence-corrected chi connectivity index (χ2v) is 3.22. The fraction of sp³-hybridized carbons (Fsp3) is 0.273. The highest BCUT2D eigenvalue weighted by molar-refractivity contribution is 5.55. The van der Waals surface area contributed by atoms with Gasteiger partial charge < -0.3 is 10.5 Å². The molecule has 3 heteroatoms. The van der Waals surface area contributed by atoms with Crippen LogP contribution in [0.3, 0.4) is 0 Å². The Morgan fingerprint density at radius 1 is 1.50 bits per heavy atom. The predicted octanol–water partition coefficient (Wildman–Crippen LogP) is 1.73. The van der Waals surface area contributed by atoms with Crippen molar-refractivity contribution in [3.05, 3.63) is 35.2 Å². The largest absolute Gasteiger partial charge is 0.493 e. The maximum atomic E-state index is 13.4. The normalized spacial score (nSPS) is 14.4. The summed E-state index contributed by atoms with van der Waals surface area (Å²) in [5.41, 5.74) is 6.96. The maximum absolute atomic E-state index is 13.4. The van der Waals surface area contributed by atoms with Gasteiger partial charge >= 0.3 is 0 Å². The molecule has 0 bridgehead atoms. The summed E-state index contributed by atoms with van der Waals surface area (Å²) in [5, 5.41) is 0. The fourth-order valence-corrected chi connectivity index (χ4v) is 1.54. The Bertz CT molecular complexity index is 374. The van der Waals surface area contributed by atoms with Gasteiger partial charge in [-0.25, -0.2) is 4.39 Å². The molecular weight excluding hydrogens is 181 g/mol. The number of rotatable bonds is 2. The van der Waals surface area contributed by atoms with Gasteiger partial charge in [-0.1, -0.05) is 12.2 Å². The van der Waals surface area contributed by atoms with E-state index in [1.165, 1.54) is 6.07 Å². The summed E-state index contributed by atoms with van der Waals surface area (Å²) < 4.78 is 18.6. The molecule has 74 valence electrons. The molecule has 0 radical (unpaired) electrons. The second-order valence-electron chi connectivity index (χ2n) is 3.22. The highest BCUT2D eigenvalue weighted by Gasteiger charge is 2.14. The first-order valence-electron chi connectivity index (χ1n) is 4.63. The SMILES string of the molecule is NC/C=C/c1cc2c(cc1F)OCC2. The Kier molecular flexibility index (Phi) is 2.50. The molecule has 1 heterocycles. The molecule has 0 aliphatic carbocycles. The Hall–Kier alpha value is -1.35. The zero-order valence-corrected chi connectivity index (χ0v) is 7.79. The first-order chi connectivity index (χ1) is 6.81. The highest BCUT2D eigenvalue weighted by atomic mass is 19.1. The number of nitrogens with two attached hydrogens (primary N) is 1. The Labute approximate surface area is 82.2 Å². The van der Waals surface area contributed by atoms with Crippen molar-refractivity contribution in [2.45, 2.75) is 6.42 Å². The summed E-state index contributed by atoms with van der Waals surface area (Å²) in [6.45, 7) is 1.08. The third-order valence-corrected chi connectivity index (χ3v) is 2.24. The lowest BCUT2D eigenvalue weighted by molar-refractivity contribution is 0.355. The number of fused-ring (bicyclic) bond motifs is 1. The lowest BCUT2D eigenvalue weighted by Gasteiger charge is -2.01. The van der Waals surface area contributed by atoms with E-state index in [0.717, 1.165) is 12.0 Å². The molecule has 2 nitrogen and oxygen atoms in total. The molecule has 0 fully saturated rings. The molecule has 2 rings (SSSR count). The molecule has 0 unspecified atom stereocenters. The molecule has 1 aromatic rings. The van der Waals surface area contributed by atoms with Gasteiger partial charge in [0, 0.05) is 24.6 Å². The van der Waals surface area contributed by atoms with E-state index in [1.807, 2.05) is 6.07 Å². The van der Waals surface area contributed by atoms with E-state index in [1.54, 1.807) is 12.2 Å². The van der Waals surface area contributed by atoms with Crippen LogP contribution in [0.2, 0.25) is 0 Å². The van der Waals surface area contributed by atoms with Crippen molar-refractivity contribution in [3.8, 4) is 5.75 Å². The van der Waals surface area contributed by atoms with Crippen molar-refractivity contribution >= 4 is 6.08 Å². The molecule has 1 aromatic carbocycles. The molecule has 0 aromatic heterocycles. The molecule has 0 spiro atoms. The Morgan fingerprint density at radius 2 is 2.36 bits per heavy atom. The van der Waals surface area contributed by atoms with Crippen molar-refractivity contribution in [2.24, 2.45) is 5.73 Å². The number of ether oxygens (including phenoxy) is 1. The highest BCUT2D eigenvalue weighted by Crippen LogP contribution is 2.28. The van der Waals surface area contributed by atoms with E-state index >= 15 is 0 Å². The van der Waals surface area contributed by atoms with Crippen LogP contribution in [0.15, 0.2) is 18.2 Å². The number of hydrogen-bond acceptors (Lipinski definition) is 2. The minimum atomic E-state index is -0.254. The van der Waals surface area contributed by atoms with Gasteiger partial charge in [0.15, 0.2) is 0 Å². The van der Waals surface area contributed by atoms with Crippen molar-refractivity contribution in [1.29, 1.82) is 0 Å². The Balaban J connectivity index is 2.37. The first-order valence-corrected chi connectivity index (χ1v) is 4.63. The van der Waals surface area contributed by atoms with Crippen molar-refractivity contribution in [3.63, 3.8) is 0 Å². The third kappa shape index (κ3) is 1.63. The van der Waals surface area contributed by atoms with Gasteiger partial charge in [0.2, 0.25) is 0 Å². The molecule has 0 saturated carbocycles. The first kappa shape index (κ1) is 9.21. The lowest BCUT2D eigenvalue weighted by atomic mass is 10.1. The van der Waals surface area contributed by atoms with Crippen molar-refractivity contribution in [2.75, 3.05) is 13.2 Å². The summed E-state index contributed by atoms with van der Waals surface area (Å²) in [7, 11) is 0. The number of hydrogen-bond donors (Lipinski definition) is 1. The zero-order valence-electron chi connectivity index (χ0n) is 7.79. The van der Waals surface area contributed by atoms with Gasteiger partial charge in [-0.05, 0) is 11.6 Å². The molecular formula is C11H12FNO. The monoisotopic (exact) mass is 193 g/mol. The summed E-state index contributed by atoms with van der Waals surface area (Å²) in [6, 6.07) is 3.27. The van der Waals surface area contributed by atoms with Crippen molar-refractivity contribution in [1.82, 2.24) is 0 Å². The van der Waals surface area contributed by atoms with Gasteiger partial charge in [0.1, 0.15) is 11.6 Å². The standard InChI is InChI=1S/C11H12FNO/c12-10-7-11-9(3-5-14-11)6-8(10)2-1-4-13/h1-2,6-7H,3-5,13H2/b2-1+. The average Bonchev–Trinajstić information content (AvgIpc) is 2.61. The molecule has 0 saturated heterocycles. The van der Waals surface area contributed by atoms with E-state index in [4.69, 9.17) is 10.5 Å². The van der Waals surface area contributed by atoms with Crippen LogP contribution < -0.4 is 10.5 Å². The van der Waals surface area contributed by atoms with Crippen LogP contribution in [-0.2, 0) is 6.42 Å². The lowest BCUT2D eigenvalue weighted by Crippen LogP contribution is -1.93. The number of halogens is 1. The van der Waals surface area contributed by atoms with E-state index in [0.29, 0.717) is 24.5 Å². The van der Waals surface area contributed by atoms with Crippen LogP contribution in [0.4, 0.5) is 4.39 Å². The predicted molar refractivity (Wildman–Crippen MR) is 53.7 cm³/mol. The van der Waals surface area contributed by atoms with Crippen LogP contribution in [0.25, 0.3) is 6.08 Å². The Morgan fingerprint density at radius 3 is 3.14 bits per heavy atom. The van der Waals surface area contributed by atoms with Gasteiger partial charge in [0.25, 0.3) is 0 Å². The quantitative estimate of drug-likeness (QED) is 0.776. The zero-order chi connectivity index (χ0) is 9.97. The molecule has 1 aliphatic rings. The topological polar surface area (TPSA) is 35.2 Å². The molecule has 0 amide bonds. The number of benzene rings is 1. The second kappa shape index (κ2) is 3.80. The van der Waals surface area contributed by atoms with Crippen LogP contribution in [0.1, 0.15) is 11.1 Å². The molecule has 1 aliphatic heterocycles. The molecule has 0 atom stereocenters. The fourth-order valence-electron chi connectivity index (χ4n) is 1.54. The van der Waals surface area contributed by atoms with Gasteiger partial charge in [-0.3, -0.25) is 0 Å². The van der Waals surface area contributed by atoms with Gasteiger partial charge in [-0.15, -0.1) is 0 Å². The van der Waals surface area contributed by atoms with Gasteiger partial charge in [-0.2, -0.15) is 0 Å². The van der Waals surface area contributed by atoms with E-state index in [2.05, 4.69) is 0 Å². The molecule has 2 N–H and O–H groups in total.